The Balaban J connectivity index is 3.03. The highest BCUT2D eigenvalue weighted by atomic mass is 32.2. The molecule has 0 aromatic heterocycles. The number of amides is 2. The Labute approximate surface area is 82.4 Å². The van der Waals surface area contributed by atoms with Gasteiger partial charge >= 0.3 is 6.03 Å². The molecule has 0 aromatic carbocycles. The van der Waals surface area contributed by atoms with E-state index in [-0.39, 0.29) is 13.1 Å². The number of sulfonamides is 2. The minimum Gasteiger partial charge on any atom is -0.246 e. The quantitative estimate of drug-likeness (QED) is 0.596. The second-order valence-electron chi connectivity index (χ2n) is 2.95. The van der Waals surface area contributed by atoms with Gasteiger partial charge in [-0.1, -0.05) is 0 Å². The molecule has 0 unspecified atom stereocenters. The molecule has 0 radical (unpaired) electrons. The molecule has 1 fully saturated rings. The molecule has 0 atom stereocenters. The van der Waals surface area contributed by atoms with Gasteiger partial charge in [0.25, 0.3) is 0 Å². The van der Waals surface area contributed by atoms with Crippen molar-refractivity contribution in [1.29, 1.82) is 0 Å². The molecule has 0 bridgehead atoms. The van der Waals surface area contributed by atoms with Crippen LogP contribution in [0.5, 0.6) is 0 Å². The lowest BCUT2D eigenvalue weighted by Crippen LogP contribution is -2.37. The fourth-order valence-corrected chi connectivity index (χ4v) is 2.76. The molecule has 9 heteroatoms. The van der Waals surface area contributed by atoms with Crippen LogP contribution in [0.25, 0.3) is 0 Å². The fraction of sp³-hybridized carbons (Fsp3) is 0.800. The molecule has 0 aromatic rings. The van der Waals surface area contributed by atoms with Gasteiger partial charge in [0, 0.05) is 0 Å². The SMILES string of the molecule is CS(=O)(=O)N1CCN(S(C)(=O)=O)C1=O. The van der Waals surface area contributed by atoms with Gasteiger partial charge in [-0.3, -0.25) is 0 Å². The van der Waals surface area contributed by atoms with Gasteiger partial charge in [0.2, 0.25) is 20.0 Å². The Morgan fingerprint density at radius 1 is 0.929 bits per heavy atom. The maximum absolute atomic E-state index is 11.3. The first-order valence-corrected chi connectivity index (χ1v) is 7.33. The van der Waals surface area contributed by atoms with Gasteiger partial charge in [0.05, 0.1) is 25.6 Å². The molecular formula is C5H10N2O5S2. The largest absolute Gasteiger partial charge is 0.347 e. The van der Waals surface area contributed by atoms with Gasteiger partial charge < -0.3 is 0 Å². The van der Waals surface area contributed by atoms with E-state index in [1.54, 1.807) is 0 Å². The van der Waals surface area contributed by atoms with Gasteiger partial charge in [-0.2, -0.15) is 0 Å². The Bertz CT molecular complexity index is 409. The van der Waals surface area contributed by atoms with Crippen LogP contribution in [-0.2, 0) is 20.0 Å². The van der Waals surface area contributed by atoms with Crippen molar-refractivity contribution in [3.8, 4) is 0 Å². The summed E-state index contributed by atoms with van der Waals surface area (Å²) >= 11 is 0. The summed E-state index contributed by atoms with van der Waals surface area (Å²) in [4.78, 5) is 11.3. The van der Waals surface area contributed by atoms with Crippen LogP contribution >= 0.6 is 0 Å². The first-order valence-electron chi connectivity index (χ1n) is 3.63. The Morgan fingerprint density at radius 3 is 1.36 bits per heavy atom. The van der Waals surface area contributed by atoms with Gasteiger partial charge in [0.1, 0.15) is 0 Å². The highest BCUT2D eigenvalue weighted by Crippen LogP contribution is 2.15. The van der Waals surface area contributed by atoms with Crippen LogP contribution in [0.4, 0.5) is 4.79 Å². The number of urea groups is 1. The summed E-state index contributed by atoms with van der Waals surface area (Å²) in [6, 6.07) is -1.00. The molecule has 1 aliphatic rings. The van der Waals surface area contributed by atoms with E-state index in [9.17, 15) is 21.6 Å². The maximum Gasteiger partial charge on any atom is 0.347 e. The molecule has 0 spiro atoms. The standard InChI is InChI=1S/C5H10N2O5S2/c1-13(9,10)6-3-4-7(5(6)8)14(2,11)12/h3-4H2,1-2H3. The molecular weight excluding hydrogens is 232 g/mol. The van der Waals surface area contributed by atoms with E-state index in [0.717, 1.165) is 12.5 Å². The topological polar surface area (TPSA) is 91.8 Å². The summed E-state index contributed by atoms with van der Waals surface area (Å²) in [5, 5.41) is 0. The molecule has 82 valence electrons. The molecule has 1 aliphatic heterocycles. The minimum absolute atomic E-state index is 0.120. The lowest BCUT2D eigenvalue weighted by molar-refractivity contribution is 0.224. The second kappa shape index (κ2) is 3.09. The molecule has 2 amide bonds. The molecule has 14 heavy (non-hydrogen) atoms. The van der Waals surface area contributed by atoms with E-state index in [1.807, 2.05) is 0 Å². The van der Waals surface area contributed by atoms with Crippen LogP contribution in [0.3, 0.4) is 0 Å². The third-order valence-electron chi connectivity index (χ3n) is 1.73. The average Bonchev–Trinajstić information content (AvgIpc) is 2.26. The van der Waals surface area contributed by atoms with Crippen molar-refractivity contribution in [1.82, 2.24) is 8.61 Å². The lowest BCUT2D eigenvalue weighted by atomic mass is 10.7. The number of hydrogen-bond acceptors (Lipinski definition) is 5. The summed E-state index contributed by atoms with van der Waals surface area (Å²) in [5.74, 6) is 0. The van der Waals surface area contributed by atoms with Crippen molar-refractivity contribution in [2.75, 3.05) is 25.6 Å². The number of carbonyl (C=O) groups excluding carboxylic acids is 1. The van der Waals surface area contributed by atoms with Gasteiger partial charge in [0.15, 0.2) is 0 Å². The monoisotopic (exact) mass is 242 g/mol. The summed E-state index contributed by atoms with van der Waals surface area (Å²) < 4.78 is 45.1. The van der Waals surface area contributed by atoms with Crippen molar-refractivity contribution in [2.24, 2.45) is 0 Å². The highest BCUT2D eigenvalue weighted by Gasteiger charge is 2.39. The van der Waals surface area contributed by atoms with E-state index < -0.39 is 26.1 Å². The van der Waals surface area contributed by atoms with Crippen LogP contribution < -0.4 is 0 Å². The van der Waals surface area contributed by atoms with Crippen LogP contribution in [0.2, 0.25) is 0 Å². The van der Waals surface area contributed by atoms with Crippen molar-refractivity contribution in [3.63, 3.8) is 0 Å². The van der Waals surface area contributed by atoms with Crippen molar-refractivity contribution >= 4 is 26.1 Å². The van der Waals surface area contributed by atoms with E-state index in [4.69, 9.17) is 0 Å². The van der Waals surface area contributed by atoms with Gasteiger partial charge in [-0.25, -0.2) is 30.2 Å². The van der Waals surface area contributed by atoms with Crippen molar-refractivity contribution in [2.45, 2.75) is 0 Å². The molecule has 1 saturated heterocycles. The summed E-state index contributed by atoms with van der Waals surface area (Å²) in [7, 11) is -7.33. The zero-order valence-electron chi connectivity index (χ0n) is 7.67. The lowest BCUT2D eigenvalue weighted by Gasteiger charge is -2.14. The molecule has 0 aliphatic carbocycles. The van der Waals surface area contributed by atoms with Crippen LogP contribution in [0.15, 0.2) is 0 Å². The summed E-state index contributed by atoms with van der Waals surface area (Å²) in [5.41, 5.74) is 0. The molecule has 0 saturated carbocycles. The van der Waals surface area contributed by atoms with Crippen LogP contribution in [-0.4, -0.2) is 57.1 Å². The second-order valence-corrected chi connectivity index (χ2v) is 6.77. The van der Waals surface area contributed by atoms with E-state index in [1.165, 1.54) is 0 Å². The fourth-order valence-electron chi connectivity index (χ4n) is 1.11. The molecule has 0 N–H and O–H groups in total. The molecule has 7 nitrogen and oxygen atoms in total. The Kier molecular flexibility index (Phi) is 2.48. The summed E-state index contributed by atoms with van der Waals surface area (Å²) in [6.45, 7) is -0.241. The van der Waals surface area contributed by atoms with Crippen molar-refractivity contribution in [3.05, 3.63) is 0 Å². The first kappa shape index (κ1) is 11.2. The van der Waals surface area contributed by atoms with Crippen LogP contribution in [0, 0.1) is 0 Å². The Morgan fingerprint density at radius 2 is 1.21 bits per heavy atom. The van der Waals surface area contributed by atoms with Gasteiger partial charge in [-0.05, 0) is 0 Å². The highest BCUT2D eigenvalue weighted by molar-refractivity contribution is 7.90. The average molecular weight is 242 g/mol. The number of carbonyl (C=O) groups is 1. The summed E-state index contributed by atoms with van der Waals surface area (Å²) in [6.07, 6.45) is 1.72. The number of hydrogen-bond donors (Lipinski definition) is 0. The number of nitrogens with zero attached hydrogens (tertiary/aromatic N) is 2. The molecule has 1 heterocycles. The van der Waals surface area contributed by atoms with E-state index >= 15 is 0 Å². The normalized spacial score (nSPS) is 19.1. The zero-order valence-corrected chi connectivity index (χ0v) is 9.30. The zero-order chi connectivity index (χ0) is 11.1. The smallest absolute Gasteiger partial charge is 0.246 e. The number of rotatable bonds is 2. The van der Waals surface area contributed by atoms with E-state index in [2.05, 4.69) is 0 Å². The van der Waals surface area contributed by atoms with E-state index in [0.29, 0.717) is 8.61 Å². The Hall–Kier alpha value is -0.830. The van der Waals surface area contributed by atoms with Crippen molar-refractivity contribution < 1.29 is 21.6 Å². The minimum atomic E-state index is -3.67. The molecule has 1 rings (SSSR count). The predicted molar refractivity (Wildman–Crippen MR) is 48.5 cm³/mol. The third kappa shape index (κ3) is 1.98. The predicted octanol–water partition coefficient (Wildman–Crippen LogP) is -1.36. The van der Waals surface area contributed by atoms with Gasteiger partial charge in [-0.15, -0.1) is 0 Å². The first-order chi connectivity index (χ1) is 6.14. The maximum atomic E-state index is 11.3. The third-order valence-corrected chi connectivity index (χ3v) is 4.01. The van der Waals surface area contributed by atoms with Crippen LogP contribution in [0.1, 0.15) is 0 Å².